The van der Waals surface area contributed by atoms with Crippen molar-refractivity contribution < 1.29 is 23.3 Å². The van der Waals surface area contributed by atoms with Gasteiger partial charge < -0.3 is 24.3 Å². The van der Waals surface area contributed by atoms with E-state index in [2.05, 4.69) is 5.32 Å². The summed E-state index contributed by atoms with van der Waals surface area (Å²) >= 11 is 6.45. The van der Waals surface area contributed by atoms with Gasteiger partial charge in [-0.1, -0.05) is 23.7 Å². The molecule has 29 heavy (non-hydrogen) atoms. The molecule has 0 bridgehead atoms. The summed E-state index contributed by atoms with van der Waals surface area (Å²) < 4.78 is 35.0. The van der Waals surface area contributed by atoms with Gasteiger partial charge in [-0.2, -0.15) is 0 Å². The molecule has 1 aliphatic rings. The number of methoxy groups -OCH3 is 1. The Kier molecular flexibility index (Phi) is 5.62. The van der Waals surface area contributed by atoms with Crippen molar-refractivity contribution in [1.29, 1.82) is 0 Å². The highest BCUT2D eigenvalue weighted by molar-refractivity contribution is 6.31. The van der Waals surface area contributed by atoms with Crippen molar-refractivity contribution in [1.82, 2.24) is 0 Å². The molecule has 0 saturated heterocycles. The van der Waals surface area contributed by atoms with Gasteiger partial charge in [0, 0.05) is 29.4 Å². The second-order valence-corrected chi connectivity index (χ2v) is 6.84. The monoisotopic (exact) mass is 415 g/mol. The maximum atomic E-state index is 13.0. The highest BCUT2D eigenvalue weighted by atomic mass is 35.5. The number of ether oxygens (including phenoxy) is 4. The standard InChI is InChI=1S/C22H19ClFNO4/c1-26-20-8-15(11-25-17-6-7-19-21(9-17)29-13-28-19)18(23)10-22(20)27-12-14-2-4-16(24)5-3-14/h2-10,25H,11-13H2,1H3. The summed E-state index contributed by atoms with van der Waals surface area (Å²) in [6.07, 6.45) is 0. The highest BCUT2D eigenvalue weighted by Gasteiger charge is 2.14. The Balaban J connectivity index is 1.44. The van der Waals surface area contributed by atoms with Crippen LogP contribution in [0, 0.1) is 5.82 Å². The topological polar surface area (TPSA) is 49.0 Å². The molecule has 3 aromatic carbocycles. The van der Waals surface area contributed by atoms with Gasteiger partial charge in [0.1, 0.15) is 12.4 Å². The van der Waals surface area contributed by atoms with E-state index in [-0.39, 0.29) is 19.2 Å². The lowest BCUT2D eigenvalue weighted by Crippen LogP contribution is -2.03. The van der Waals surface area contributed by atoms with Gasteiger partial charge in [-0.05, 0) is 41.5 Å². The van der Waals surface area contributed by atoms with Crippen molar-refractivity contribution in [3.8, 4) is 23.0 Å². The average molecular weight is 416 g/mol. The average Bonchev–Trinajstić information content (AvgIpc) is 3.20. The smallest absolute Gasteiger partial charge is 0.231 e. The third-order valence-electron chi connectivity index (χ3n) is 4.50. The number of benzene rings is 3. The number of halogens is 2. The minimum absolute atomic E-state index is 0.237. The van der Waals surface area contributed by atoms with E-state index in [9.17, 15) is 4.39 Å². The van der Waals surface area contributed by atoms with Gasteiger partial charge in [0.25, 0.3) is 0 Å². The van der Waals surface area contributed by atoms with Crippen LogP contribution in [0.5, 0.6) is 23.0 Å². The van der Waals surface area contributed by atoms with Crippen LogP contribution in [0.1, 0.15) is 11.1 Å². The SMILES string of the molecule is COc1cc(CNc2ccc3c(c2)OCO3)c(Cl)cc1OCc1ccc(F)cc1. The molecule has 7 heteroatoms. The van der Waals surface area contributed by atoms with Gasteiger partial charge in [0.15, 0.2) is 23.0 Å². The third kappa shape index (κ3) is 4.49. The van der Waals surface area contributed by atoms with E-state index in [1.165, 1.54) is 12.1 Å². The molecule has 3 aromatic rings. The summed E-state index contributed by atoms with van der Waals surface area (Å²) in [7, 11) is 1.57. The molecule has 5 nitrogen and oxygen atoms in total. The third-order valence-corrected chi connectivity index (χ3v) is 4.85. The maximum Gasteiger partial charge on any atom is 0.231 e. The maximum absolute atomic E-state index is 13.0. The molecule has 0 fully saturated rings. The molecule has 1 N–H and O–H groups in total. The van der Waals surface area contributed by atoms with E-state index in [1.54, 1.807) is 25.3 Å². The molecular formula is C22H19ClFNO4. The van der Waals surface area contributed by atoms with E-state index >= 15 is 0 Å². The summed E-state index contributed by atoms with van der Waals surface area (Å²) in [4.78, 5) is 0. The first-order valence-electron chi connectivity index (χ1n) is 8.99. The number of rotatable bonds is 7. The van der Waals surface area contributed by atoms with Crippen LogP contribution in [0.4, 0.5) is 10.1 Å². The first kappa shape index (κ1) is 19.2. The number of hydrogen-bond donors (Lipinski definition) is 1. The summed E-state index contributed by atoms with van der Waals surface area (Å²) in [5.74, 6) is 2.25. The predicted octanol–water partition coefficient (Wildman–Crippen LogP) is 5.41. The van der Waals surface area contributed by atoms with Crippen molar-refractivity contribution in [2.75, 3.05) is 19.2 Å². The van der Waals surface area contributed by atoms with Crippen molar-refractivity contribution >= 4 is 17.3 Å². The van der Waals surface area contributed by atoms with Crippen LogP contribution in [-0.2, 0) is 13.2 Å². The van der Waals surface area contributed by atoms with E-state index in [1.807, 2.05) is 24.3 Å². The zero-order valence-corrected chi connectivity index (χ0v) is 16.5. The fraction of sp³-hybridized carbons (Fsp3) is 0.182. The fourth-order valence-corrected chi connectivity index (χ4v) is 3.15. The zero-order chi connectivity index (χ0) is 20.2. The molecule has 0 atom stereocenters. The number of fused-ring (bicyclic) bond motifs is 1. The second-order valence-electron chi connectivity index (χ2n) is 6.43. The van der Waals surface area contributed by atoms with E-state index < -0.39 is 0 Å². The van der Waals surface area contributed by atoms with Gasteiger partial charge in [-0.3, -0.25) is 0 Å². The molecule has 0 unspecified atom stereocenters. The first-order valence-corrected chi connectivity index (χ1v) is 9.37. The molecule has 0 saturated carbocycles. The Morgan fingerprint density at radius 1 is 1.00 bits per heavy atom. The Bertz CT molecular complexity index is 1010. The molecule has 0 spiro atoms. The van der Waals surface area contributed by atoms with Gasteiger partial charge in [0.2, 0.25) is 6.79 Å². The lowest BCUT2D eigenvalue weighted by Gasteiger charge is -2.15. The number of anilines is 1. The highest BCUT2D eigenvalue weighted by Crippen LogP contribution is 2.36. The number of nitrogens with one attached hydrogen (secondary N) is 1. The van der Waals surface area contributed by atoms with Crippen LogP contribution < -0.4 is 24.3 Å². The second kappa shape index (κ2) is 8.49. The van der Waals surface area contributed by atoms with Crippen molar-refractivity contribution in [3.63, 3.8) is 0 Å². The lowest BCUT2D eigenvalue weighted by atomic mass is 10.2. The summed E-state index contributed by atoms with van der Waals surface area (Å²) in [6.45, 7) is 1.01. The molecule has 150 valence electrons. The molecular weight excluding hydrogens is 397 g/mol. The molecule has 0 radical (unpaired) electrons. The van der Waals surface area contributed by atoms with E-state index in [4.69, 9.17) is 30.5 Å². The number of hydrogen-bond acceptors (Lipinski definition) is 5. The van der Waals surface area contributed by atoms with Crippen LogP contribution in [0.25, 0.3) is 0 Å². The van der Waals surface area contributed by atoms with Crippen LogP contribution >= 0.6 is 11.6 Å². The normalized spacial score (nSPS) is 12.0. The zero-order valence-electron chi connectivity index (χ0n) is 15.7. The minimum Gasteiger partial charge on any atom is -0.493 e. The Morgan fingerprint density at radius 2 is 1.79 bits per heavy atom. The van der Waals surface area contributed by atoms with E-state index in [0.29, 0.717) is 28.8 Å². The van der Waals surface area contributed by atoms with Gasteiger partial charge in [-0.15, -0.1) is 0 Å². The lowest BCUT2D eigenvalue weighted by molar-refractivity contribution is 0.174. The quantitative estimate of drug-likeness (QED) is 0.559. The van der Waals surface area contributed by atoms with Crippen LogP contribution in [0.2, 0.25) is 5.02 Å². The minimum atomic E-state index is -0.284. The molecule has 0 aromatic heterocycles. The fourth-order valence-electron chi connectivity index (χ4n) is 2.93. The van der Waals surface area contributed by atoms with Crippen LogP contribution in [0.15, 0.2) is 54.6 Å². The van der Waals surface area contributed by atoms with Gasteiger partial charge >= 0.3 is 0 Å². The Morgan fingerprint density at radius 3 is 2.59 bits per heavy atom. The summed E-state index contributed by atoms with van der Waals surface area (Å²) in [5.41, 5.74) is 2.59. The van der Waals surface area contributed by atoms with Crippen LogP contribution in [-0.4, -0.2) is 13.9 Å². The van der Waals surface area contributed by atoms with Crippen LogP contribution in [0.3, 0.4) is 0 Å². The molecule has 4 rings (SSSR count). The molecule has 0 aliphatic carbocycles. The van der Waals surface area contributed by atoms with Crippen molar-refractivity contribution in [2.24, 2.45) is 0 Å². The Labute approximate surface area is 172 Å². The van der Waals surface area contributed by atoms with E-state index in [0.717, 1.165) is 22.6 Å². The summed E-state index contributed by atoms with van der Waals surface area (Å²) in [6, 6.07) is 15.4. The largest absolute Gasteiger partial charge is 0.493 e. The summed E-state index contributed by atoms with van der Waals surface area (Å²) in [5, 5.41) is 3.86. The molecule has 0 amide bonds. The Hall–Kier alpha value is -3.12. The first-order chi connectivity index (χ1) is 14.1. The van der Waals surface area contributed by atoms with Gasteiger partial charge in [0.05, 0.1) is 7.11 Å². The van der Waals surface area contributed by atoms with Crippen molar-refractivity contribution in [2.45, 2.75) is 13.2 Å². The van der Waals surface area contributed by atoms with Crippen molar-refractivity contribution in [3.05, 3.63) is 76.6 Å². The molecule has 1 heterocycles. The predicted molar refractivity (Wildman–Crippen MR) is 109 cm³/mol. The molecule has 1 aliphatic heterocycles. The van der Waals surface area contributed by atoms with Gasteiger partial charge in [-0.25, -0.2) is 4.39 Å².